The minimum absolute atomic E-state index is 0.0499. The summed E-state index contributed by atoms with van der Waals surface area (Å²) in [5, 5.41) is 0. The average molecular weight is 394 g/mol. The van der Waals surface area contributed by atoms with E-state index in [9.17, 15) is 18.0 Å². The molecule has 2 heterocycles. The van der Waals surface area contributed by atoms with Crippen molar-refractivity contribution in [3.05, 3.63) is 23.8 Å². The first-order chi connectivity index (χ1) is 12.8. The molecule has 2 aliphatic rings. The Labute approximate surface area is 160 Å². The zero-order chi connectivity index (χ0) is 19.6. The zero-order valence-electron chi connectivity index (χ0n) is 15.9. The van der Waals surface area contributed by atoms with E-state index in [4.69, 9.17) is 0 Å². The summed E-state index contributed by atoms with van der Waals surface area (Å²) in [6, 6.07) is 4.79. The molecule has 27 heavy (non-hydrogen) atoms. The second kappa shape index (κ2) is 7.98. The summed E-state index contributed by atoms with van der Waals surface area (Å²) in [5.41, 5.74) is 1.61. The average Bonchev–Trinajstić information content (AvgIpc) is 2.65. The summed E-state index contributed by atoms with van der Waals surface area (Å²) in [5.74, 6) is 0.369. The van der Waals surface area contributed by atoms with E-state index in [0.717, 1.165) is 36.9 Å². The number of carbonyl (C=O) groups is 2. The maximum atomic E-state index is 12.6. The van der Waals surface area contributed by atoms with Gasteiger partial charge in [0.15, 0.2) is 0 Å². The molecule has 0 spiro atoms. The number of nitrogens with one attached hydrogen (secondary N) is 1. The Balaban J connectivity index is 1.68. The molecule has 0 aromatic heterocycles. The third kappa shape index (κ3) is 4.50. The van der Waals surface area contributed by atoms with Crippen molar-refractivity contribution < 1.29 is 18.0 Å². The number of benzene rings is 1. The first kappa shape index (κ1) is 19.8. The van der Waals surface area contributed by atoms with Gasteiger partial charge in [0, 0.05) is 32.2 Å². The van der Waals surface area contributed by atoms with Gasteiger partial charge in [-0.2, -0.15) is 0 Å². The Bertz CT molecular complexity index is 829. The van der Waals surface area contributed by atoms with Crippen LogP contribution in [0.25, 0.3) is 0 Å². The van der Waals surface area contributed by atoms with Crippen molar-refractivity contribution in [1.82, 2.24) is 9.62 Å². The second-order valence-corrected chi connectivity index (χ2v) is 9.22. The fraction of sp³-hybridized carbons (Fsp3) is 0.579. The smallest absolute Gasteiger partial charge is 0.241 e. The van der Waals surface area contributed by atoms with Gasteiger partial charge in [-0.25, -0.2) is 13.1 Å². The third-order valence-corrected chi connectivity index (χ3v) is 6.81. The number of likely N-dealkylation sites (tertiary alicyclic amines) is 1. The molecule has 1 fully saturated rings. The van der Waals surface area contributed by atoms with Crippen LogP contribution in [-0.4, -0.2) is 51.3 Å². The Hall–Kier alpha value is -1.93. The number of amides is 2. The fourth-order valence-corrected chi connectivity index (χ4v) is 4.70. The van der Waals surface area contributed by atoms with Crippen LogP contribution < -0.4 is 9.62 Å². The molecule has 1 saturated heterocycles. The van der Waals surface area contributed by atoms with Gasteiger partial charge in [0.2, 0.25) is 21.8 Å². The molecule has 1 aromatic rings. The molecule has 2 amide bonds. The highest BCUT2D eigenvalue weighted by Gasteiger charge is 2.25. The molecule has 7 nitrogen and oxygen atoms in total. The number of sulfonamides is 1. The third-order valence-electron chi connectivity index (χ3n) is 5.41. The molecule has 2 aliphatic heterocycles. The number of hydrogen-bond donors (Lipinski definition) is 1. The number of fused-ring (bicyclic) bond motifs is 1. The molecule has 1 N–H and O–H groups in total. The van der Waals surface area contributed by atoms with Gasteiger partial charge in [0.25, 0.3) is 0 Å². The molecule has 1 aromatic carbocycles. The normalized spacial score (nSPS) is 18.3. The van der Waals surface area contributed by atoms with Gasteiger partial charge < -0.3 is 9.80 Å². The molecule has 0 aliphatic carbocycles. The summed E-state index contributed by atoms with van der Waals surface area (Å²) in [6.45, 7) is 5.45. The van der Waals surface area contributed by atoms with Gasteiger partial charge in [-0.3, -0.25) is 9.59 Å². The van der Waals surface area contributed by atoms with Crippen molar-refractivity contribution >= 4 is 27.5 Å². The number of carbonyl (C=O) groups excluding carboxylic acids is 2. The molecule has 0 radical (unpaired) electrons. The molecule has 0 atom stereocenters. The largest absolute Gasteiger partial charge is 0.342 e. The number of hydrogen-bond acceptors (Lipinski definition) is 4. The van der Waals surface area contributed by atoms with E-state index in [-0.39, 0.29) is 23.3 Å². The summed E-state index contributed by atoms with van der Waals surface area (Å²) < 4.78 is 27.6. The number of rotatable bonds is 4. The minimum atomic E-state index is -3.78. The van der Waals surface area contributed by atoms with E-state index in [1.165, 1.54) is 13.0 Å². The molecule has 0 bridgehead atoms. The molecule has 148 valence electrons. The Morgan fingerprint density at radius 1 is 1.19 bits per heavy atom. The monoisotopic (exact) mass is 393 g/mol. The standard InChI is InChI=1S/C19H27N3O4S/c1-14-7-10-21(11-8-14)19(24)13-20-27(25,26)17-5-6-18-16(12-17)4-3-9-22(18)15(2)23/h5-6,12,14,20H,3-4,7-11,13H2,1-2H3. The van der Waals surface area contributed by atoms with E-state index in [0.29, 0.717) is 25.6 Å². The lowest BCUT2D eigenvalue weighted by molar-refractivity contribution is -0.131. The minimum Gasteiger partial charge on any atom is -0.342 e. The molecule has 8 heteroatoms. The predicted molar refractivity (Wildman–Crippen MR) is 103 cm³/mol. The van der Waals surface area contributed by atoms with Gasteiger partial charge in [0.1, 0.15) is 0 Å². The Kier molecular flexibility index (Phi) is 5.86. The SMILES string of the molecule is CC(=O)N1CCCc2cc(S(=O)(=O)NCC(=O)N3CCC(C)CC3)ccc21. The first-order valence-electron chi connectivity index (χ1n) is 9.46. The lowest BCUT2D eigenvalue weighted by atomic mass is 9.99. The maximum absolute atomic E-state index is 12.6. The summed E-state index contributed by atoms with van der Waals surface area (Å²) in [4.78, 5) is 27.6. The number of anilines is 1. The number of aryl methyl sites for hydroxylation is 1. The van der Waals surface area contributed by atoms with Crippen molar-refractivity contribution in [3.63, 3.8) is 0 Å². The summed E-state index contributed by atoms with van der Waals surface area (Å²) in [7, 11) is -3.78. The number of piperidine rings is 1. The van der Waals surface area contributed by atoms with Crippen LogP contribution in [0.1, 0.15) is 38.7 Å². The van der Waals surface area contributed by atoms with Gasteiger partial charge in [-0.1, -0.05) is 6.92 Å². The lowest BCUT2D eigenvalue weighted by Gasteiger charge is -2.30. The van der Waals surface area contributed by atoms with E-state index in [1.807, 2.05) is 0 Å². The van der Waals surface area contributed by atoms with Crippen LogP contribution >= 0.6 is 0 Å². The fourth-order valence-electron chi connectivity index (χ4n) is 3.68. The van der Waals surface area contributed by atoms with Gasteiger partial charge in [-0.05, 0) is 55.4 Å². The quantitative estimate of drug-likeness (QED) is 0.840. The molecule has 0 saturated carbocycles. The molecule has 3 rings (SSSR count). The highest BCUT2D eigenvalue weighted by molar-refractivity contribution is 7.89. The van der Waals surface area contributed by atoms with Crippen molar-refractivity contribution in [1.29, 1.82) is 0 Å². The summed E-state index contributed by atoms with van der Waals surface area (Å²) in [6.07, 6.45) is 3.44. The summed E-state index contributed by atoms with van der Waals surface area (Å²) >= 11 is 0. The van der Waals surface area contributed by atoms with E-state index >= 15 is 0 Å². The van der Waals surface area contributed by atoms with Gasteiger partial charge >= 0.3 is 0 Å². The predicted octanol–water partition coefficient (Wildman–Crippen LogP) is 1.52. The highest BCUT2D eigenvalue weighted by Crippen LogP contribution is 2.29. The molecular formula is C19H27N3O4S. The number of nitrogens with zero attached hydrogens (tertiary/aromatic N) is 2. The highest BCUT2D eigenvalue weighted by atomic mass is 32.2. The van der Waals surface area contributed by atoms with E-state index < -0.39 is 10.0 Å². The van der Waals surface area contributed by atoms with Crippen LogP contribution in [0.5, 0.6) is 0 Å². The van der Waals surface area contributed by atoms with Crippen LogP contribution in [-0.2, 0) is 26.0 Å². The van der Waals surface area contributed by atoms with Crippen LogP contribution in [0.4, 0.5) is 5.69 Å². The van der Waals surface area contributed by atoms with Crippen molar-refractivity contribution in [2.45, 2.75) is 44.4 Å². The van der Waals surface area contributed by atoms with Crippen molar-refractivity contribution in [2.75, 3.05) is 31.1 Å². The van der Waals surface area contributed by atoms with Crippen molar-refractivity contribution in [2.24, 2.45) is 5.92 Å². The van der Waals surface area contributed by atoms with E-state index in [1.54, 1.807) is 21.9 Å². The molecule has 0 unspecified atom stereocenters. The Morgan fingerprint density at radius 3 is 2.56 bits per heavy atom. The van der Waals surface area contributed by atoms with Crippen molar-refractivity contribution in [3.8, 4) is 0 Å². The topological polar surface area (TPSA) is 86.8 Å². The second-order valence-electron chi connectivity index (χ2n) is 7.45. The molecular weight excluding hydrogens is 366 g/mol. The van der Waals surface area contributed by atoms with Gasteiger partial charge in [-0.15, -0.1) is 0 Å². The Morgan fingerprint density at radius 2 is 1.89 bits per heavy atom. The first-order valence-corrected chi connectivity index (χ1v) is 10.9. The van der Waals surface area contributed by atoms with Crippen LogP contribution in [0.2, 0.25) is 0 Å². The van der Waals surface area contributed by atoms with Crippen LogP contribution in [0.15, 0.2) is 23.1 Å². The maximum Gasteiger partial charge on any atom is 0.241 e. The van der Waals surface area contributed by atoms with Gasteiger partial charge in [0.05, 0.1) is 11.4 Å². The zero-order valence-corrected chi connectivity index (χ0v) is 16.7. The van der Waals surface area contributed by atoms with Crippen LogP contribution in [0, 0.1) is 5.92 Å². The van der Waals surface area contributed by atoms with Crippen LogP contribution in [0.3, 0.4) is 0 Å². The van der Waals surface area contributed by atoms with E-state index in [2.05, 4.69) is 11.6 Å². The lowest BCUT2D eigenvalue weighted by Crippen LogP contribution is -2.43.